The Labute approximate surface area is 170 Å². The van der Waals surface area contributed by atoms with Crippen LogP contribution in [0.4, 0.5) is 0 Å². The van der Waals surface area contributed by atoms with E-state index in [0.29, 0.717) is 13.2 Å². The van der Waals surface area contributed by atoms with Crippen LogP contribution < -0.4 is 11.2 Å². The van der Waals surface area contributed by atoms with E-state index in [0.717, 1.165) is 30.3 Å². The first-order valence-corrected chi connectivity index (χ1v) is 10.2. The van der Waals surface area contributed by atoms with E-state index >= 15 is 0 Å². The molecule has 2 N–H and O–H groups in total. The third-order valence-corrected chi connectivity index (χ3v) is 5.16. The summed E-state index contributed by atoms with van der Waals surface area (Å²) in [6, 6.07) is 0. The molecule has 1 aliphatic heterocycles. The number of ketones is 1. The van der Waals surface area contributed by atoms with Gasteiger partial charge in [0.15, 0.2) is 17.6 Å². The fourth-order valence-electron chi connectivity index (χ4n) is 3.33. The molecule has 1 aromatic rings. The number of carbonyl (C=O) groups is 1. The summed E-state index contributed by atoms with van der Waals surface area (Å²) in [4.78, 5) is 38.9. The highest BCUT2D eigenvalue weighted by Gasteiger charge is 2.59. The van der Waals surface area contributed by atoms with Crippen molar-refractivity contribution < 1.29 is 24.1 Å². The Morgan fingerprint density at radius 3 is 2.55 bits per heavy atom. The maximum absolute atomic E-state index is 12.7. The Hall–Kier alpha value is -1.81. The summed E-state index contributed by atoms with van der Waals surface area (Å²) in [7, 11) is 0. The van der Waals surface area contributed by atoms with Gasteiger partial charge in [0.25, 0.3) is 5.56 Å². The van der Waals surface area contributed by atoms with Crippen molar-refractivity contribution in [1.82, 2.24) is 9.55 Å². The lowest BCUT2D eigenvalue weighted by Gasteiger charge is -2.32. The van der Waals surface area contributed by atoms with Crippen molar-refractivity contribution in [3.05, 3.63) is 32.6 Å². The van der Waals surface area contributed by atoms with E-state index in [1.54, 1.807) is 0 Å². The van der Waals surface area contributed by atoms with Crippen molar-refractivity contribution in [2.75, 3.05) is 19.8 Å². The van der Waals surface area contributed by atoms with E-state index in [2.05, 4.69) is 4.98 Å². The number of aromatic amines is 1. The van der Waals surface area contributed by atoms with Crippen LogP contribution in [0.15, 0.2) is 15.8 Å². The van der Waals surface area contributed by atoms with Gasteiger partial charge in [-0.3, -0.25) is 19.1 Å². The van der Waals surface area contributed by atoms with Gasteiger partial charge in [0.05, 0.1) is 6.61 Å². The third kappa shape index (κ3) is 5.03. The van der Waals surface area contributed by atoms with Crippen LogP contribution in [0.1, 0.15) is 58.2 Å². The minimum absolute atomic E-state index is 0.0935. The Bertz CT molecular complexity index is 803. The molecule has 0 aliphatic carbocycles. The molecule has 29 heavy (non-hydrogen) atoms. The molecule has 0 radical (unpaired) electrons. The average Bonchev–Trinajstić information content (AvgIpc) is 2.95. The minimum Gasteiger partial charge on any atom is -0.386 e. The van der Waals surface area contributed by atoms with E-state index in [1.807, 2.05) is 13.8 Å². The number of unbranched alkanes of at least 4 members (excludes halogenated alkanes) is 2. The Morgan fingerprint density at radius 2 is 1.93 bits per heavy atom. The molecular weight excluding hydrogens is 380 g/mol. The van der Waals surface area contributed by atoms with Crippen LogP contribution in [0, 0.1) is 6.92 Å². The van der Waals surface area contributed by atoms with Gasteiger partial charge >= 0.3 is 5.69 Å². The molecule has 1 fully saturated rings. The van der Waals surface area contributed by atoms with Crippen LogP contribution in [0.5, 0.6) is 0 Å². The molecule has 0 bridgehead atoms. The molecule has 0 spiro atoms. The Balaban J connectivity index is 2.41. The molecule has 2 heterocycles. The van der Waals surface area contributed by atoms with E-state index in [4.69, 9.17) is 14.2 Å². The van der Waals surface area contributed by atoms with Crippen molar-refractivity contribution in [3.8, 4) is 0 Å². The summed E-state index contributed by atoms with van der Waals surface area (Å²) in [6.07, 6.45) is 1.20. The molecule has 0 aromatic carbocycles. The quantitative estimate of drug-likeness (QED) is 0.522. The normalized spacial score (nSPS) is 26.7. The van der Waals surface area contributed by atoms with Crippen LogP contribution in [0.2, 0.25) is 0 Å². The van der Waals surface area contributed by atoms with Gasteiger partial charge in [0.2, 0.25) is 0 Å². The fraction of sp³-hybridized carbons (Fsp3) is 0.750. The second-order valence-corrected chi connectivity index (χ2v) is 7.47. The monoisotopic (exact) mass is 412 g/mol. The molecule has 1 aromatic heterocycles. The van der Waals surface area contributed by atoms with Crippen molar-refractivity contribution >= 4 is 5.78 Å². The summed E-state index contributed by atoms with van der Waals surface area (Å²) in [5.41, 5.74) is -2.52. The maximum atomic E-state index is 12.7. The van der Waals surface area contributed by atoms with Crippen LogP contribution in [-0.2, 0) is 19.0 Å². The molecule has 4 atom stereocenters. The molecule has 164 valence electrons. The zero-order valence-electron chi connectivity index (χ0n) is 17.6. The van der Waals surface area contributed by atoms with Crippen molar-refractivity contribution in [2.45, 2.75) is 77.4 Å². The van der Waals surface area contributed by atoms with E-state index in [1.165, 1.54) is 20.0 Å². The number of aryl methyl sites for hydroxylation is 1. The fourth-order valence-corrected chi connectivity index (χ4v) is 3.33. The zero-order chi connectivity index (χ0) is 21.6. The number of Topliss-reactive ketones (excluding diaryl/α,β-unsaturated/α-hetero) is 1. The number of hydrogen-bond acceptors (Lipinski definition) is 7. The molecule has 9 nitrogen and oxygen atoms in total. The highest BCUT2D eigenvalue weighted by Crippen LogP contribution is 2.39. The number of aliphatic hydroxyl groups is 1. The summed E-state index contributed by atoms with van der Waals surface area (Å²) in [5, 5.41) is 11.0. The number of hydrogen-bond donors (Lipinski definition) is 2. The summed E-state index contributed by atoms with van der Waals surface area (Å²) in [5.74, 6) is -0.355. The predicted octanol–water partition coefficient (Wildman–Crippen LogP) is 1.06. The van der Waals surface area contributed by atoms with Gasteiger partial charge in [-0.15, -0.1) is 0 Å². The second-order valence-electron chi connectivity index (χ2n) is 7.47. The number of nitrogens with one attached hydrogen (secondary N) is 1. The molecule has 9 heteroatoms. The maximum Gasteiger partial charge on any atom is 0.330 e. The highest BCUT2D eigenvalue weighted by atomic mass is 16.6. The Kier molecular flexibility index (Phi) is 8.33. The van der Waals surface area contributed by atoms with Gasteiger partial charge in [-0.2, -0.15) is 0 Å². The number of nitrogens with zero attached hydrogens (tertiary/aromatic N) is 1. The number of rotatable bonds is 11. The SMILES string of the molecule is CCCCOC[C@@]1(C(C)=O)O[C@@H](n2cc(C)c(=O)[nH]c2=O)[C@@H](O)C1OCCCC. The largest absolute Gasteiger partial charge is 0.386 e. The number of ether oxygens (including phenoxy) is 3. The van der Waals surface area contributed by atoms with Crippen LogP contribution >= 0.6 is 0 Å². The van der Waals surface area contributed by atoms with E-state index < -0.39 is 35.3 Å². The van der Waals surface area contributed by atoms with Gasteiger partial charge in [-0.25, -0.2) is 4.79 Å². The van der Waals surface area contributed by atoms with Crippen molar-refractivity contribution in [1.29, 1.82) is 0 Å². The molecule has 0 saturated carbocycles. The first kappa shape index (κ1) is 23.5. The molecule has 2 rings (SSSR count). The highest BCUT2D eigenvalue weighted by molar-refractivity contribution is 5.86. The van der Waals surface area contributed by atoms with E-state index in [9.17, 15) is 19.5 Å². The standard InChI is InChI=1S/C20H32N2O7/c1-5-7-9-27-12-20(14(4)23)16(28-10-8-6-2)15(24)18(29-20)22-11-13(3)17(25)21-19(22)26/h11,15-16,18,24H,5-10,12H2,1-4H3,(H,21,25,26)/t15-,16?,18+,20-/m0/s1. The first-order chi connectivity index (χ1) is 13.8. The minimum atomic E-state index is -1.55. The van der Waals surface area contributed by atoms with Gasteiger partial charge in [0.1, 0.15) is 12.2 Å². The molecule has 0 amide bonds. The number of carbonyl (C=O) groups excluding carboxylic acids is 1. The predicted molar refractivity (Wildman–Crippen MR) is 106 cm³/mol. The number of aromatic nitrogens is 2. The second kappa shape index (κ2) is 10.3. The summed E-state index contributed by atoms with van der Waals surface area (Å²) in [6.45, 7) is 7.60. The molecule has 1 aliphatic rings. The average molecular weight is 412 g/mol. The van der Waals surface area contributed by atoms with Gasteiger partial charge < -0.3 is 19.3 Å². The topological polar surface area (TPSA) is 120 Å². The first-order valence-electron chi connectivity index (χ1n) is 10.2. The van der Waals surface area contributed by atoms with Gasteiger partial charge in [-0.05, 0) is 26.7 Å². The van der Waals surface area contributed by atoms with Crippen LogP contribution in [-0.4, -0.2) is 58.1 Å². The van der Waals surface area contributed by atoms with Gasteiger partial charge in [-0.1, -0.05) is 26.7 Å². The smallest absolute Gasteiger partial charge is 0.330 e. The van der Waals surface area contributed by atoms with E-state index in [-0.39, 0.29) is 18.0 Å². The summed E-state index contributed by atoms with van der Waals surface area (Å²) >= 11 is 0. The van der Waals surface area contributed by atoms with Crippen molar-refractivity contribution in [3.63, 3.8) is 0 Å². The van der Waals surface area contributed by atoms with Crippen LogP contribution in [0.3, 0.4) is 0 Å². The zero-order valence-corrected chi connectivity index (χ0v) is 17.6. The lowest BCUT2D eigenvalue weighted by molar-refractivity contribution is -0.172. The summed E-state index contributed by atoms with van der Waals surface area (Å²) < 4.78 is 18.6. The molecule has 1 saturated heterocycles. The Morgan fingerprint density at radius 1 is 1.28 bits per heavy atom. The van der Waals surface area contributed by atoms with Crippen molar-refractivity contribution in [2.24, 2.45) is 0 Å². The van der Waals surface area contributed by atoms with Gasteiger partial charge in [0, 0.05) is 25.0 Å². The lowest BCUT2D eigenvalue weighted by atomic mass is 9.91. The number of aliphatic hydroxyl groups excluding tert-OH is 1. The third-order valence-electron chi connectivity index (χ3n) is 5.16. The molecule has 1 unspecified atom stereocenters. The number of H-pyrrole nitrogens is 1. The molecular formula is C20H32N2O7. The lowest BCUT2D eigenvalue weighted by Crippen LogP contribution is -2.53. The van der Waals surface area contributed by atoms with Crippen LogP contribution in [0.25, 0.3) is 0 Å².